The van der Waals surface area contributed by atoms with Crippen LogP contribution in [0.4, 0.5) is 14.9 Å². The van der Waals surface area contributed by atoms with Crippen LogP contribution in [0.1, 0.15) is 18.0 Å². The molecule has 4 aromatic rings. The van der Waals surface area contributed by atoms with E-state index in [0.29, 0.717) is 24.3 Å². The topological polar surface area (TPSA) is 72.3 Å². The Bertz CT molecular complexity index is 1320. The number of rotatable bonds is 4. The largest absolute Gasteiger partial charge is 0.497 e. The SMILES string of the molecule is COc1ccc(-c2nc3cccnc3n2C2CCN(C(=O)Nc3ccc(C)c(F)c3)C2)cc1. The highest BCUT2D eigenvalue weighted by atomic mass is 19.1. The lowest BCUT2D eigenvalue weighted by Gasteiger charge is -2.19. The first kappa shape index (κ1) is 20.9. The van der Waals surface area contributed by atoms with Gasteiger partial charge in [-0.25, -0.2) is 19.2 Å². The number of pyridine rings is 1. The number of imidazole rings is 1. The minimum atomic E-state index is -0.341. The van der Waals surface area contributed by atoms with Crippen LogP contribution in [0.2, 0.25) is 0 Å². The summed E-state index contributed by atoms with van der Waals surface area (Å²) in [6, 6.07) is 16.0. The number of halogens is 1. The number of aromatic nitrogens is 3. The molecule has 1 aliphatic heterocycles. The van der Waals surface area contributed by atoms with Crippen molar-refractivity contribution in [1.29, 1.82) is 0 Å². The monoisotopic (exact) mass is 445 g/mol. The Balaban J connectivity index is 1.42. The average molecular weight is 445 g/mol. The Morgan fingerprint density at radius 1 is 1.18 bits per heavy atom. The molecule has 3 heterocycles. The first-order valence-electron chi connectivity index (χ1n) is 10.8. The van der Waals surface area contributed by atoms with Crippen molar-refractivity contribution in [2.45, 2.75) is 19.4 Å². The Kier molecular flexibility index (Phi) is 5.42. The van der Waals surface area contributed by atoms with Gasteiger partial charge in [-0.3, -0.25) is 0 Å². The number of anilines is 1. The van der Waals surface area contributed by atoms with Crippen molar-refractivity contribution in [3.05, 3.63) is 72.2 Å². The number of fused-ring (bicyclic) bond motifs is 1. The van der Waals surface area contributed by atoms with E-state index in [9.17, 15) is 9.18 Å². The van der Waals surface area contributed by atoms with Gasteiger partial charge in [-0.2, -0.15) is 0 Å². The minimum Gasteiger partial charge on any atom is -0.497 e. The van der Waals surface area contributed by atoms with E-state index in [-0.39, 0.29) is 17.9 Å². The highest BCUT2D eigenvalue weighted by Crippen LogP contribution is 2.33. The molecule has 1 aliphatic rings. The molecule has 1 N–H and O–H groups in total. The normalized spacial score (nSPS) is 15.7. The van der Waals surface area contributed by atoms with Crippen LogP contribution in [0, 0.1) is 12.7 Å². The summed E-state index contributed by atoms with van der Waals surface area (Å²) < 4.78 is 21.3. The van der Waals surface area contributed by atoms with Crippen LogP contribution in [0.3, 0.4) is 0 Å². The number of hydrogen-bond donors (Lipinski definition) is 1. The maximum absolute atomic E-state index is 13.9. The quantitative estimate of drug-likeness (QED) is 0.478. The van der Waals surface area contributed by atoms with Crippen molar-refractivity contribution < 1.29 is 13.9 Å². The van der Waals surface area contributed by atoms with E-state index in [1.807, 2.05) is 36.4 Å². The zero-order chi connectivity index (χ0) is 22.9. The predicted molar refractivity (Wildman–Crippen MR) is 125 cm³/mol. The van der Waals surface area contributed by atoms with Crippen molar-refractivity contribution >= 4 is 22.9 Å². The molecular weight excluding hydrogens is 421 g/mol. The molecule has 8 heteroatoms. The standard InChI is InChI=1S/C25H24FN5O2/c1-16-5-8-18(14-21(16)26)28-25(32)30-13-11-19(15-30)31-23(17-6-9-20(33-2)10-7-17)29-22-4-3-12-27-24(22)31/h3-10,12,14,19H,11,13,15H2,1-2H3,(H,28,32). The minimum absolute atomic E-state index is 0.0162. The molecule has 7 nitrogen and oxygen atoms in total. The van der Waals surface area contributed by atoms with Gasteiger partial charge in [0, 0.05) is 30.5 Å². The molecule has 0 bridgehead atoms. The second-order valence-electron chi connectivity index (χ2n) is 8.16. The second kappa shape index (κ2) is 8.54. The molecule has 1 fully saturated rings. The third kappa shape index (κ3) is 4.00. The predicted octanol–water partition coefficient (Wildman–Crippen LogP) is 5.03. The Labute approximate surface area is 190 Å². The van der Waals surface area contributed by atoms with Crippen LogP contribution < -0.4 is 10.1 Å². The van der Waals surface area contributed by atoms with Crippen molar-refractivity contribution in [1.82, 2.24) is 19.4 Å². The van der Waals surface area contributed by atoms with Gasteiger partial charge < -0.3 is 19.5 Å². The Hall–Kier alpha value is -3.94. The number of aryl methyl sites for hydroxylation is 1. The molecule has 1 unspecified atom stereocenters. The van der Waals surface area contributed by atoms with Gasteiger partial charge in [-0.15, -0.1) is 0 Å². The summed E-state index contributed by atoms with van der Waals surface area (Å²) in [4.78, 5) is 24.0. The molecule has 0 radical (unpaired) electrons. The molecule has 33 heavy (non-hydrogen) atoms. The summed E-state index contributed by atoms with van der Waals surface area (Å²) in [6.07, 6.45) is 2.52. The van der Waals surface area contributed by atoms with Crippen LogP contribution in [0.25, 0.3) is 22.6 Å². The van der Waals surface area contributed by atoms with E-state index in [1.54, 1.807) is 37.3 Å². The molecule has 2 amide bonds. The highest BCUT2D eigenvalue weighted by Gasteiger charge is 2.31. The van der Waals surface area contributed by atoms with Crippen molar-refractivity contribution in [3.8, 4) is 17.1 Å². The number of hydrogen-bond acceptors (Lipinski definition) is 4. The highest BCUT2D eigenvalue weighted by molar-refractivity contribution is 5.89. The number of likely N-dealkylation sites (tertiary alicyclic amines) is 1. The number of carbonyl (C=O) groups is 1. The molecule has 0 spiro atoms. The van der Waals surface area contributed by atoms with Crippen LogP contribution in [0.5, 0.6) is 5.75 Å². The molecule has 5 rings (SSSR count). The van der Waals surface area contributed by atoms with Crippen LogP contribution in [-0.2, 0) is 0 Å². The molecule has 1 saturated heterocycles. The lowest BCUT2D eigenvalue weighted by Crippen LogP contribution is -2.33. The maximum Gasteiger partial charge on any atom is 0.321 e. The van der Waals surface area contributed by atoms with E-state index in [4.69, 9.17) is 9.72 Å². The maximum atomic E-state index is 13.9. The third-order valence-electron chi connectivity index (χ3n) is 6.04. The summed E-state index contributed by atoms with van der Waals surface area (Å²) in [7, 11) is 1.64. The summed E-state index contributed by atoms with van der Waals surface area (Å²) in [5, 5.41) is 2.81. The van der Waals surface area contributed by atoms with Crippen molar-refractivity contribution in [2.24, 2.45) is 0 Å². The van der Waals surface area contributed by atoms with Gasteiger partial charge >= 0.3 is 6.03 Å². The Morgan fingerprint density at radius 3 is 2.76 bits per heavy atom. The molecule has 2 aromatic carbocycles. The number of amides is 2. The number of nitrogens with one attached hydrogen (secondary N) is 1. The second-order valence-corrected chi connectivity index (χ2v) is 8.16. The molecule has 0 aliphatic carbocycles. The van der Waals surface area contributed by atoms with E-state index in [0.717, 1.165) is 34.7 Å². The third-order valence-corrected chi connectivity index (χ3v) is 6.04. The molecule has 168 valence electrons. The fourth-order valence-electron chi connectivity index (χ4n) is 4.23. The van der Waals surface area contributed by atoms with Gasteiger partial charge in [0.2, 0.25) is 0 Å². The lowest BCUT2D eigenvalue weighted by molar-refractivity contribution is 0.221. The van der Waals surface area contributed by atoms with Crippen LogP contribution in [-0.4, -0.2) is 45.7 Å². The number of carbonyl (C=O) groups excluding carboxylic acids is 1. The van der Waals surface area contributed by atoms with Crippen LogP contribution >= 0.6 is 0 Å². The Morgan fingerprint density at radius 2 is 2.00 bits per heavy atom. The summed E-state index contributed by atoms with van der Waals surface area (Å²) in [5.74, 6) is 1.24. The summed E-state index contributed by atoms with van der Waals surface area (Å²) in [5.41, 5.74) is 3.53. The van der Waals surface area contributed by atoms with Crippen molar-refractivity contribution in [2.75, 3.05) is 25.5 Å². The molecular formula is C25H24FN5O2. The number of urea groups is 1. The van der Waals surface area contributed by atoms with E-state index in [2.05, 4.69) is 14.9 Å². The molecule has 1 atom stereocenters. The van der Waals surface area contributed by atoms with Crippen LogP contribution in [0.15, 0.2) is 60.8 Å². The van der Waals surface area contributed by atoms with E-state index >= 15 is 0 Å². The molecule has 2 aromatic heterocycles. The summed E-state index contributed by atoms with van der Waals surface area (Å²) >= 11 is 0. The molecule has 0 saturated carbocycles. The number of methoxy groups -OCH3 is 1. The van der Waals surface area contributed by atoms with Gasteiger partial charge in [0.15, 0.2) is 5.65 Å². The first-order valence-corrected chi connectivity index (χ1v) is 10.8. The smallest absolute Gasteiger partial charge is 0.321 e. The van der Waals surface area contributed by atoms with E-state index < -0.39 is 0 Å². The van der Waals surface area contributed by atoms with Gasteiger partial charge in [0.1, 0.15) is 22.9 Å². The fourth-order valence-corrected chi connectivity index (χ4v) is 4.23. The number of ether oxygens (including phenoxy) is 1. The number of nitrogens with zero attached hydrogens (tertiary/aromatic N) is 4. The number of benzene rings is 2. The first-order chi connectivity index (χ1) is 16.0. The van der Waals surface area contributed by atoms with Gasteiger partial charge in [0.05, 0.1) is 13.2 Å². The fraction of sp³-hybridized carbons (Fsp3) is 0.240. The van der Waals surface area contributed by atoms with Gasteiger partial charge in [-0.05, 0) is 67.4 Å². The van der Waals surface area contributed by atoms with Crippen molar-refractivity contribution in [3.63, 3.8) is 0 Å². The summed E-state index contributed by atoms with van der Waals surface area (Å²) in [6.45, 7) is 2.78. The zero-order valence-electron chi connectivity index (χ0n) is 18.5. The van der Waals surface area contributed by atoms with Gasteiger partial charge in [-0.1, -0.05) is 6.07 Å². The van der Waals surface area contributed by atoms with Gasteiger partial charge in [0.25, 0.3) is 0 Å². The lowest BCUT2D eigenvalue weighted by atomic mass is 10.2. The zero-order valence-corrected chi connectivity index (χ0v) is 18.5. The van der Waals surface area contributed by atoms with E-state index in [1.165, 1.54) is 6.07 Å². The average Bonchev–Trinajstić information content (AvgIpc) is 3.46.